The quantitative estimate of drug-likeness (QED) is 0.349. The van der Waals surface area contributed by atoms with Crippen LogP contribution in [0.25, 0.3) is 0 Å². The summed E-state index contributed by atoms with van der Waals surface area (Å²) in [7, 11) is 3.12. The van der Waals surface area contributed by atoms with Gasteiger partial charge in [-0.2, -0.15) is 0 Å². The van der Waals surface area contributed by atoms with E-state index in [1.54, 1.807) is 39.3 Å². The number of phenolic OH excluding ortho intramolecular Hbond substituents is 1. The Kier molecular flexibility index (Phi) is 8.56. The Hall–Kier alpha value is -2.10. The number of nitrogens with one attached hydrogen (secondary N) is 2. The largest absolute Gasteiger partial charge is 0.508 e. The Morgan fingerprint density at radius 1 is 1.23 bits per heavy atom. The number of rotatable bonds is 5. The van der Waals surface area contributed by atoms with Crippen molar-refractivity contribution in [1.82, 2.24) is 10.6 Å². The fourth-order valence-corrected chi connectivity index (χ4v) is 2.34. The number of nitrogens with zero attached hydrogens (tertiary/aromatic N) is 1. The van der Waals surface area contributed by atoms with Crippen molar-refractivity contribution in [1.29, 1.82) is 0 Å². The zero-order valence-electron chi connectivity index (χ0n) is 14.7. The van der Waals surface area contributed by atoms with Crippen LogP contribution in [0.2, 0.25) is 0 Å². The zero-order chi connectivity index (χ0) is 18.4. The smallest absolute Gasteiger partial charge is 0.191 e. The van der Waals surface area contributed by atoms with E-state index in [1.165, 1.54) is 12.1 Å². The predicted octanol–water partition coefficient (Wildman–Crippen LogP) is 3.72. The maximum Gasteiger partial charge on any atom is 0.191 e. The van der Waals surface area contributed by atoms with E-state index in [9.17, 15) is 13.9 Å². The summed E-state index contributed by atoms with van der Waals surface area (Å²) in [5.41, 5.74) is 0.955. The Morgan fingerprint density at radius 3 is 2.58 bits per heavy atom. The van der Waals surface area contributed by atoms with E-state index in [2.05, 4.69) is 15.6 Å². The first kappa shape index (κ1) is 21.9. The van der Waals surface area contributed by atoms with Gasteiger partial charge in [-0.05, 0) is 31.2 Å². The highest BCUT2D eigenvalue weighted by Gasteiger charge is 2.13. The third-order valence-electron chi connectivity index (χ3n) is 3.74. The lowest BCUT2D eigenvalue weighted by atomic mass is 10.1. The molecular weight excluding hydrogens is 455 g/mol. The van der Waals surface area contributed by atoms with Gasteiger partial charge in [0.25, 0.3) is 0 Å². The Bertz CT molecular complexity index is 772. The maximum absolute atomic E-state index is 13.9. The molecule has 1 unspecified atom stereocenters. The van der Waals surface area contributed by atoms with Gasteiger partial charge in [-0.1, -0.05) is 6.07 Å². The summed E-state index contributed by atoms with van der Waals surface area (Å²) in [6, 6.07) is 7.93. The fraction of sp³-hybridized carbons (Fsp3) is 0.278. The van der Waals surface area contributed by atoms with Crippen molar-refractivity contribution in [2.45, 2.75) is 19.5 Å². The first-order chi connectivity index (χ1) is 11.9. The molecule has 0 aliphatic heterocycles. The molecule has 2 aromatic carbocycles. The minimum atomic E-state index is -0.624. The molecule has 142 valence electrons. The van der Waals surface area contributed by atoms with Crippen molar-refractivity contribution in [3.8, 4) is 11.5 Å². The van der Waals surface area contributed by atoms with E-state index in [1.807, 2.05) is 0 Å². The zero-order valence-corrected chi connectivity index (χ0v) is 17.0. The highest BCUT2D eigenvalue weighted by molar-refractivity contribution is 14.0. The standard InChI is InChI=1S/C18H21F2N3O2.HI/c1-11(15-6-4-13(19)9-16(15)20)23-18(21-2)22-10-12-8-14(25-3)5-7-17(12)24;/h4-9,11,24H,10H2,1-3H3,(H2,21,22,23);1H. The number of halogens is 3. The SMILES string of the molecule is CN=C(NCc1cc(OC)ccc1O)NC(C)c1ccc(F)cc1F.I. The van der Waals surface area contributed by atoms with E-state index in [0.29, 0.717) is 29.4 Å². The van der Waals surface area contributed by atoms with Crippen LogP contribution in [0.5, 0.6) is 11.5 Å². The topological polar surface area (TPSA) is 65.9 Å². The van der Waals surface area contributed by atoms with Gasteiger partial charge in [-0.25, -0.2) is 8.78 Å². The number of aromatic hydroxyl groups is 1. The predicted molar refractivity (Wildman–Crippen MR) is 108 cm³/mol. The number of phenols is 1. The molecule has 0 aliphatic rings. The molecule has 0 fully saturated rings. The van der Waals surface area contributed by atoms with Crippen molar-refractivity contribution >= 4 is 29.9 Å². The number of hydrogen-bond acceptors (Lipinski definition) is 3. The molecule has 0 aliphatic carbocycles. The third-order valence-corrected chi connectivity index (χ3v) is 3.74. The molecule has 5 nitrogen and oxygen atoms in total. The molecule has 8 heteroatoms. The summed E-state index contributed by atoms with van der Waals surface area (Å²) in [5, 5.41) is 16.0. The minimum absolute atomic E-state index is 0. The molecule has 0 spiro atoms. The van der Waals surface area contributed by atoms with E-state index in [-0.39, 0.29) is 29.7 Å². The molecule has 26 heavy (non-hydrogen) atoms. The summed E-state index contributed by atoms with van der Waals surface area (Å²) in [4.78, 5) is 4.07. The van der Waals surface area contributed by atoms with Crippen LogP contribution in [0.1, 0.15) is 24.1 Å². The summed E-state index contributed by atoms with van der Waals surface area (Å²) < 4.78 is 32.0. The number of aliphatic imine (C=N–C) groups is 1. The lowest BCUT2D eigenvalue weighted by Gasteiger charge is -2.19. The molecule has 0 heterocycles. The van der Waals surface area contributed by atoms with Crippen molar-refractivity contribution in [2.75, 3.05) is 14.2 Å². The van der Waals surface area contributed by atoms with E-state index in [0.717, 1.165) is 6.07 Å². The van der Waals surface area contributed by atoms with Gasteiger partial charge in [0, 0.05) is 30.8 Å². The van der Waals surface area contributed by atoms with Crippen LogP contribution >= 0.6 is 24.0 Å². The Morgan fingerprint density at radius 2 is 1.96 bits per heavy atom. The summed E-state index contributed by atoms with van der Waals surface area (Å²) in [6.07, 6.45) is 0. The minimum Gasteiger partial charge on any atom is -0.508 e. The average Bonchev–Trinajstić information content (AvgIpc) is 2.59. The van der Waals surface area contributed by atoms with Gasteiger partial charge in [0.1, 0.15) is 23.1 Å². The molecule has 0 saturated heterocycles. The van der Waals surface area contributed by atoms with Crippen molar-refractivity contribution in [3.05, 3.63) is 59.2 Å². The molecule has 0 aromatic heterocycles. The second kappa shape index (κ2) is 10.1. The normalized spacial score (nSPS) is 12.1. The fourth-order valence-electron chi connectivity index (χ4n) is 2.34. The van der Waals surface area contributed by atoms with Gasteiger partial charge < -0.3 is 20.5 Å². The lowest BCUT2D eigenvalue weighted by molar-refractivity contribution is 0.410. The van der Waals surface area contributed by atoms with Gasteiger partial charge in [-0.15, -0.1) is 24.0 Å². The molecule has 3 N–H and O–H groups in total. The maximum atomic E-state index is 13.9. The number of ether oxygens (including phenoxy) is 1. The first-order valence-corrected chi connectivity index (χ1v) is 7.72. The number of guanidine groups is 1. The van der Waals surface area contributed by atoms with Gasteiger partial charge >= 0.3 is 0 Å². The Balaban J connectivity index is 0.00000338. The van der Waals surface area contributed by atoms with Crippen LogP contribution < -0.4 is 15.4 Å². The lowest BCUT2D eigenvalue weighted by Crippen LogP contribution is -2.38. The molecule has 0 saturated carbocycles. The van der Waals surface area contributed by atoms with Crippen LogP contribution in [0.3, 0.4) is 0 Å². The van der Waals surface area contributed by atoms with E-state index in [4.69, 9.17) is 4.74 Å². The van der Waals surface area contributed by atoms with Gasteiger partial charge in [0.2, 0.25) is 0 Å². The summed E-state index contributed by atoms with van der Waals surface area (Å²) in [5.74, 6) is -0.0792. The number of benzene rings is 2. The highest BCUT2D eigenvalue weighted by Crippen LogP contribution is 2.22. The molecular formula is C18H22F2IN3O2. The molecule has 1 atom stereocenters. The van der Waals surface area contributed by atoms with Crippen LogP contribution in [-0.4, -0.2) is 25.2 Å². The third kappa shape index (κ3) is 5.72. The van der Waals surface area contributed by atoms with Crippen molar-refractivity contribution < 1.29 is 18.6 Å². The van der Waals surface area contributed by atoms with E-state index < -0.39 is 17.7 Å². The van der Waals surface area contributed by atoms with Crippen LogP contribution in [-0.2, 0) is 6.54 Å². The van der Waals surface area contributed by atoms with Crippen LogP contribution in [0.15, 0.2) is 41.4 Å². The van der Waals surface area contributed by atoms with E-state index >= 15 is 0 Å². The molecule has 2 aromatic rings. The van der Waals surface area contributed by atoms with Gasteiger partial charge in [0.05, 0.1) is 13.2 Å². The monoisotopic (exact) mass is 477 g/mol. The average molecular weight is 477 g/mol. The second-order valence-corrected chi connectivity index (χ2v) is 5.45. The van der Waals surface area contributed by atoms with Gasteiger partial charge in [-0.3, -0.25) is 4.99 Å². The molecule has 0 amide bonds. The summed E-state index contributed by atoms with van der Waals surface area (Å²) in [6.45, 7) is 2.04. The van der Waals surface area contributed by atoms with Crippen LogP contribution in [0, 0.1) is 11.6 Å². The van der Waals surface area contributed by atoms with Crippen LogP contribution in [0.4, 0.5) is 8.78 Å². The number of hydrogen-bond donors (Lipinski definition) is 3. The second-order valence-electron chi connectivity index (χ2n) is 5.45. The highest BCUT2D eigenvalue weighted by atomic mass is 127. The molecule has 0 radical (unpaired) electrons. The van der Waals surface area contributed by atoms with Crippen molar-refractivity contribution in [3.63, 3.8) is 0 Å². The first-order valence-electron chi connectivity index (χ1n) is 7.72. The van der Waals surface area contributed by atoms with Gasteiger partial charge in [0.15, 0.2) is 5.96 Å². The Labute approximate surface area is 168 Å². The number of methoxy groups -OCH3 is 1. The molecule has 0 bridgehead atoms. The van der Waals surface area contributed by atoms with Crippen molar-refractivity contribution in [2.24, 2.45) is 4.99 Å². The summed E-state index contributed by atoms with van der Waals surface area (Å²) >= 11 is 0. The molecule has 2 rings (SSSR count).